The first-order valence-corrected chi connectivity index (χ1v) is 9.50. The van der Waals surface area contributed by atoms with E-state index in [1.54, 1.807) is 49.5 Å². The molecule has 2 aromatic carbocycles. The molecule has 0 spiro atoms. The molecule has 0 bridgehead atoms. The van der Waals surface area contributed by atoms with Crippen LogP contribution in [0, 0.1) is 0 Å². The minimum Gasteiger partial charge on any atom is -0.462 e. The van der Waals surface area contributed by atoms with Crippen LogP contribution in [0.2, 0.25) is 0 Å². The lowest BCUT2D eigenvalue weighted by Gasteiger charge is -2.11. The van der Waals surface area contributed by atoms with Gasteiger partial charge in [-0.25, -0.2) is 9.78 Å². The Morgan fingerprint density at radius 3 is 2.31 bits per heavy atom. The number of hydrogen-bond acceptors (Lipinski definition) is 5. The van der Waals surface area contributed by atoms with Crippen molar-refractivity contribution in [1.82, 2.24) is 4.98 Å². The lowest BCUT2D eigenvalue weighted by molar-refractivity contribution is 0.0527. The number of esters is 1. The van der Waals surface area contributed by atoms with E-state index >= 15 is 0 Å². The summed E-state index contributed by atoms with van der Waals surface area (Å²) in [7, 11) is 0. The third-order valence-corrected chi connectivity index (χ3v) is 4.32. The largest absolute Gasteiger partial charge is 0.462 e. The zero-order chi connectivity index (χ0) is 20.6. The average molecular weight is 389 g/mol. The van der Waals surface area contributed by atoms with E-state index in [2.05, 4.69) is 34.7 Å². The number of ether oxygens (including phenoxy) is 1. The number of aromatic nitrogens is 1. The molecule has 1 aromatic heterocycles. The minimum atomic E-state index is -0.481. The summed E-state index contributed by atoms with van der Waals surface area (Å²) in [6, 6.07) is 18.3. The second-order valence-electron chi connectivity index (χ2n) is 6.33. The number of hydrogen-bond donors (Lipinski definition) is 2. The van der Waals surface area contributed by atoms with Crippen molar-refractivity contribution in [3.8, 4) is 0 Å². The number of benzene rings is 2. The van der Waals surface area contributed by atoms with Gasteiger partial charge in [0.1, 0.15) is 5.69 Å². The second kappa shape index (κ2) is 9.50. The number of amides is 1. The van der Waals surface area contributed by atoms with Gasteiger partial charge in [-0.2, -0.15) is 0 Å². The molecule has 0 aliphatic carbocycles. The molecular weight excluding hydrogens is 366 g/mol. The van der Waals surface area contributed by atoms with E-state index in [0.717, 1.165) is 17.8 Å². The molecule has 6 heteroatoms. The number of nitrogens with zero attached hydrogens (tertiary/aromatic N) is 1. The quantitative estimate of drug-likeness (QED) is 0.567. The smallest absolute Gasteiger partial charge is 0.340 e. The molecule has 0 aliphatic rings. The topological polar surface area (TPSA) is 80.3 Å². The predicted molar refractivity (Wildman–Crippen MR) is 114 cm³/mol. The van der Waals surface area contributed by atoms with Crippen molar-refractivity contribution in [2.24, 2.45) is 0 Å². The van der Waals surface area contributed by atoms with Crippen LogP contribution in [0.4, 0.5) is 17.1 Å². The summed E-state index contributed by atoms with van der Waals surface area (Å²) in [5.41, 5.74) is 3.93. The monoisotopic (exact) mass is 389 g/mol. The van der Waals surface area contributed by atoms with Crippen molar-refractivity contribution in [2.75, 3.05) is 17.2 Å². The van der Waals surface area contributed by atoms with Crippen LogP contribution in [0.15, 0.2) is 66.9 Å². The molecule has 3 rings (SSSR count). The average Bonchev–Trinajstić information content (AvgIpc) is 2.75. The van der Waals surface area contributed by atoms with Gasteiger partial charge < -0.3 is 15.4 Å². The Morgan fingerprint density at radius 1 is 0.931 bits per heavy atom. The number of anilines is 3. The van der Waals surface area contributed by atoms with Crippen molar-refractivity contribution < 1.29 is 14.3 Å². The zero-order valence-electron chi connectivity index (χ0n) is 16.4. The van der Waals surface area contributed by atoms with Crippen molar-refractivity contribution >= 4 is 28.9 Å². The highest BCUT2D eigenvalue weighted by molar-refractivity contribution is 6.07. The molecular formula is C23H23N3O3. The number of para-hydroxylation sites is 1. The van der Waals surface area contributed by atoms with Gasteiger partial charge in [0.25, 0.3) is 5.91 Å². The fourth-order valence-electron chi connectivity index (χ4n) is 2.76. The molecule has 0 fully saturated rings. The van der Waals surface area contributed by atoms with Crippen LogP contribution < -0.4 is 10.6 Å². The van der Waals surface area contributed by atoms with Crippen LogP contribution in [-0.4, -0.2) is 23.5 Å². The highest BCUT2D eigenvalue weighted by Crippen LogP contribution is 2.19. The lowest BCUT2D eigenvalue weighted by atomic mass is 10.1. The number of carbonyl (C=O) groups is 2. The summed E-state index contributed by atoms with van der Waals surface area (Å²) in [4.78, 5) is 28.8. The number of pyridine rings is 1. The van der Waals surface area contributed by atoms with Gasteiger partial charge in [-0.1, -0.05) is 31.2 Å². The Hall–Kier alpha value is -3.67. The first kappa shape index (κ1) is 20.1. The number of nitrogens with one attached hydrogen (secondary N) is 2. The Balaban J connectivity index is 1.68. The van der Waals surface area contributed by atoms with E-state index in [4.69, 9.17) is 4.74 Å². The Bertz CT molecular complexity index is 983. The van der Waals surface area contributed by atoms with Crippen molar-refractivity contribution in [2.45, 2.75) is 20.3 Å². The number of carbonyl (C=O) groups excluding carboxylic acids is 2. The predicted octanol–water partition coefficient (Wildman–Crippen LogP) is 4.82. The second-order valence-corrected chi connectivity index (χ2v) is 6.33. The van der Waals surface area contributed by atoms with Crippen LogP contribution in [0.1, 0.15) is 40.3 Å². The third-order valence-electron chi connectivity index (χ3n) is 4.32. The molecule has 148 valence electrons. The Morgan fingerprint density at radius 2 is 1.66 bits per heavy atom. The molecule has 3 aromatic rings. The van der Waals surface area contributed by atoms with Gasteiger partial charge in [-0.05, 0) is 55.3 Å². The number of rotatable bonds is 7. The maximum absolute atomic E-state index is 12.5. The summed E-state index contributed by atoms with van der Waals surface area (Å²) < 4.78 is 5.03. The van der Waals surface area contributed by atoms with E-state index in [1.165, 1.54) is 5.56 Å². The standard InChI is InChI=1S/C23H23N3O3/c1-3-16-9-11-17(12-10-16)25-18-13-14-21(24-15-18)22(27)26-20-8-6-5-7-19(20)23(28)29-4-2/h5-15,25H,3-4H2,1-2H3,(H,26,27). The van der Waals surface area contributed by atoms with Gasteiger partial charge in [0.15, 0.2) is 0 Å². The van der Waals surface area contributed by atoms with Crippen molar-refractivity contribution in [3.63, 3.8) is 0 Å². The molecule has 0 radical (unpaired) electrons. The molecule has 1 amide bonds. The normalized spacial score (nSPS) is 10.3. The summed E-state index contributed by atoms with van der Waals surface area (Å²) in [5, 5.41) is 5.98. The van der Waals surface area contributed by atoms with Crippen molar-refractivity contribution in [1.29, 1.82) is 0 Å². The Kier molecular flexibility index (Phi) is 6.58. The summed E-state index contributed by atoms with van der Waals surface area (Å²) >= 11 is 0. The van der Waals surface area contributed by atoms with E-state index in [9.17, 15) is 9.59 Å². The van der Waals surface area contributed by atoms with Gasteiger partial charge in [-0.3, -0.25) is 4.79 Å². The molecule has 0 saturated carbocycles. The van der Waals surface area contributed by atoms with Crippen molar-refractivity contribution in [3.05, 3.63) is 83.7 Å². The number of aryl methyl sites for hydroxylation is 1. The van der Waals surface area contributed by atoms with Gasteiger partial charge in [-0.15, -0.1) is 0 Å². The zero-order valence-corrected chi connectivity index (χ0v) is 16.4. The van der Waals surface area contributed by atoms with Gasteiger partial charge in [0, 0.05) is 5.69 Å². The minimum absolute atomic E-state index is 0.246. The van der Waals surface area contributed by atoms with E-state index in [1.807, 2.05) is 12.1 Å². The lowest BCUT2D eigenvalue weighted by Crippen LogP contribution is -2.17. The summed E-state index contributed by atoms with van der Waals surface area (Å²) in [5.74, 6) is -0.884. The molecule has 1 heterocycles. The van der Waals surface area contributed by atoms with Crippen LogP contribution >= 0.6 is 0 Å². The van der Waals surface area contributed by atoms with Gasteiger partial charge in [0.2, 0.25) is 0 Å². The maximum atomic E-state index is 12.5. The highest BCUT2D eigenvalue weighted by atomic mass is 16.5. The van der Waals surface area contributed by atoms with Crippen LogP contribution in [0.5, 0.6) is 0 Å². The molecule has 0 saturated heterocycles. The van der Waals surface area contributed by atoms with E-state index in [0.29, 0.717) is 11.3 Å². The fourth-order valence-corrected chi connectivity index (χ4v) is 2.76. The molecule has 0 atom stereocenters. The first-order valence-electron chi connectivity index (χ1n) is 9.50. The highest BCUT2D eigenvalue weighted by Gasteiger charge is 2.15. The van der Waals surface area contributed by atoms with Crippen LogP contribution in [-0.2, 0) is 11.2 Å². The SMILES string of the molecule is CCOC(=O)c1ccccc1NC(=O)c1ccc(Nc2ccc(CC)cc2)cn1. The van der Waals surface area contributed by atoms with Gasteiger partial charge >= 0.3 is 5.97 Å². The maximum Gasteiger partial charge on any atom is 0.340 e. The molecule has 2 N–H and O–H groups in total. The van der Waals surface area contributed by atoms with E-state index in [-0.39, 0.29) is 12.3 Å². The third kappa shape index (κ3) is 5.19. The molecule has 0 unspecified atom stereocenters. The van der Waals surface area contributed by atoms with Crippen LogP contribution in [0.3, 0.4) is 0 Å². The van der Waals surface area contributed by atoms with Crippen LogP contribution in [0.25, 0.3) is 0 Å². The molecule has 0 aliphatic heterocycles. The fraction of sp³-hybridized carbons (Fsp3) is 0.174. The van der Waals surface area contributed by atoms with E-state index < -0.39 is 11.9 Å². The first-order chi connectivity index (χ1) is 14.1. The Labute approximate surface area is 169 Å². The molecule has 6 nitrogen and oxygen atoms in total. The summed E-state index contributed by atoms with van der Waals surface area (Å²) in [6.07, 6.45) is 2.59. The molecule has 29 heavy (non-hydrogen) atoms. The summed E-state index contributed by atoms with van der Waals surface area (Å²) in [6.45, 7) is 4.11. The van der Waals surface area contributed by atoms with Gasteiger partial charge in [0.05, 0.1) is 29.7 Å².